The van der Waals surface area contributed by atoms with Crippen LogP contribution in [0.4, 0.5) is 0 Å². The molecule has 0 aliphatic heterocycles. The summed E-state index contributed by atoms with van der Waals surface area (Å²) in [5.41, 5.74) is 0. The molecule has 1 aromatic rings. The molecule has 0 saturated carbocycles. The lowest BCUT2D eigenvalue weighted by Gasteiger charge is -2.07. The van der Waals surface area contributed by atoms with Gasteiger partial charge in [-0.3, -0.25) is 0 Å². The van der Waals surface area contributed by atoms with Crippen LogP contribution in [0.5, 0.6) is 0 Å². The molecular formula is C42H83N2+. The van der Waals surface area contributed by atoms with Gasteiger partial charge >= 0.3 is 0 Å². The average Bonchev–Trinajstić information content (AvgIpc) is 3.42. The van der Waals surface area contributed by atoms with Gasteiger partial charge in [-0.05, 0) is 25.7 Å². The zero-order valence-corrected chi connectivity index (χ0v) is 31.0. The van der Waals surface area contributed by atoms with Crippen molar-refractivity contribution in [1.82, 2.24) is 4.57 Å². The van der Waals surface area contributed by atoms with Gasteiger partial charge in [0.05, 0.1) is 13.1 Å². The largest absolute Gasteiger partial charge is 0.256 e. The Balaban J connectivity index is 2.05. The first-order valence-electron chi connectivity index (χ1n) is 20.9. The summed E-state index contributed by atoms with van der Waals surface area (Å²) in [5, 5.41) is 0. The molecule has 1 rings (SSSR count). The Morgan fingerprint density at radius 3 is 1.07 bits per heavy atom. The Labute approximate surface area is 279 Å². The van der Waals surface area contributed by atoms with E-state index in [2.05, 4.69) is 42.3 Å². The van der Waals surface area contributed by atoms with Crippen LogP contribution in [0.15, 0.2) is 12.4 Å². The summed E-state index contributed by atoms with van der Waals surface area (Å²) in [6.07, 6.45) is 53.5. The Morgan fingerprint density at radius 1 is 0.386 bits per heavy atom. The number of nitrogens with zero attached hydrogens (tertiary/aromatic N) is 2. The lowest BCUT2D eigenvalue weighted by atomic mass is 10.0. The van der Waals surface area contributed by atoms with Gasteiger partial charge in [0, 0.05) is 6.42 Å². The van der Waals surface area contributed by atoms with Gasteiger partial charge in [0.2, 0.25) is 0 Å². The van der Waals surface area contributed by atoms with Crippen molar-refractivity contribution in [2.24, 2.45) is 0 Å². The van der Waals surface area contributed by atoms with Gasteiger partial charge in [-0.2, -0.15) is 0 Å². The number of hydrogen-bond donors (Lipinski definition) is 0. The number of rotatable bonds is 36. The fourth-order valence-electron chi connectivity index (χ4n) is 7.01. The molecule has 260 valence electrons. The third-order valence-corrected chi connectivity index (χ3v) is 10.1. The van der Waals surface area contributed by atoms with Crippen LogP contribution in [0.2, 0.25) is 0 Å². The first-order valence-corrected chi connectivity index (χ1v) is 20.9. The molecule has 1 heterocycles. The first-order chi connectivity index (χ1) is 21.8. The van der Waals surface area contributed by atoms with Crippen molar-refractivity contribution in [1.29, 1.82) is 0 Å². The van der Waals surface area contributed by atoms with Crippen molar-refractivity contribution < 1.29 is 4.57 Å². The molecule has 2 heteroatoms. The summed E-state index contributed by atoms with van der Waals surface area (Å²) < 4.78 is 5.20. The molecule has 0 atom stereocenters. The van der Waals surface area contributed by atoms with Crippen LogP contribution in [0, 0.1) is 0 Å². The van der Waals surface area contributed by atoms with Crippen LogP contribution >= 0.6 is 0 Å². The maximum atomic E-state index is 2.61. The maximum Gasteiger partial charge on any atom is 0.256 e. The van der Waals surface area contributed by atoms with Gasteiger partial charge in [-0.15, -0.1) is 0 Å². The second-order valence-corrected chi connectivity index (χ2v) is 14.5. The van der Waals surface area contributed by atoms with Crippen LogP contribution in [0.1, 0.15) is 238 Å². The predicted molar refractivity (Wildman–Crippen MR) is 198 cm³/mol. The lowest BCUT2D eigenvalue weighted by molar-refractivity contribution is -0.704. The SMILES string of the molecule is CCCCCCCCCCCCCCCCCCn1cc[n+](CCCC)c1CCCCCCCCCCCCCCCCC. The molecule has 44 heavy (non-hydrogen) atoms. The van der Waals surface area contributed by atoms with Crippen molar-refractivity contribution in [3.8, 4) is 0 Å². The van der Waals surface area contributed by atoms with Crippen molar-refractivity contribution in [3.63, 3.8) is 0 Å². The second kappa shape index (κ2) is 33.6. The quantitative estimate of drug-likeness (QED) is 0.0524. The van der Waals surface area contributed by atoms with E-state index in [1.807, 2.05) is 0 Å². The summed E-state index contributed by atoms with van der Waals surface area (Å²) >= 11 is 0. The minimum Gasteiger partial charge on any atom is -0.234 e. The van der Waals surface area contributed by atoms with E-state index in [0.29, 0.717) is 0 Å². The minimum atomic E-state index is 1.20. The highest BCUT2D eigenvalue weighted by Crippen LogP contribution is 2.16. The van der Waals surface area contributed by atoms with Crippen molar-refractivity contribution >= 4 is 0 Å². The van der Waals surface area contributed by atoms with Crippen LogP contribution in [0.3, 0.4) is 0 Å². The molecule has 0 unspecified atom stereocenters. The molecule has 0 radical (unpaired) electrons. The van der Waals surface area contributed by atoms with Crippen LogP contribution in [-0.4, -0.2) is 4.57 Å². The monoisotopic (exact) mass is 616 g/mol. The molecule has 0 saturated heterocycles. The molecule has 2 nitrogen and oxygen atoms in total. The molecule has 0 spiro atoms. The highest BCUT2D eigenvalue weighted by Gasteiger charge is 2.16. The molecule has 0 amide bonds. The number of unbranched alkanes of at least 4 members (excludes halogenated alkanes) is 30. The zero-order chi connectivity index (χ0) is 31.6. The summed E-state index contributed by atoms with van der Waals surface area (Å²) in [4.78, 5) is 0. The highest BCUT2D eigenvalue weighted by molar-refractivity contribution is 4.84. The molecule has 0 aliphatic carbocycles. The molecule has 0 N–H and O–H groups in total. The highest BCUT2D eigenvalue weighted by atomic mass is 15.1. The van der Waals surface area contributed by atoms with E-state index in [1.54, 1.807) is 5.82 Å². The van der Waals surface area contributed by atoms with Gasteiger partial charge in [-0.25, -0.2) is 9.13 Å². The number of hydrogen-bond acceptors (Lipinski definition) is 0. The molecule has 0 fully saturated rings. The third-order valence-electron chi connectivity index (χ3n) is 10.1. The van der Waals surface area contributed by atoms with Gasteiger partial charge in [0.25, 0.3) is 5.82 Å². The fraction of sp³-hybridized carbons (Fsp3) is 0.929. The number of imidazole rings is 1. The summed E-state index contributed by atoms with van der Waals surface area (Å²) in [6, 6.07) is 0. The van der Waals surface area contributed by atoms with Crippen molar-refractivity contribution in [2.75, 3.05) is 0 Å². The number of aryl methyl sites for hydroxylation is 2. The Hall–Kier alpha value is -0.790. The molecule has 1 aromatic heterocycles. The van der Waals surface area contributed by atoms with E-state index < -0.39 is 0 Å². The molecular weight excluding hydrogens is 532 g/mol. The second-order valence-electron chi connectivity index (χ2n) is 14.5. The molecule has 0 aliphatic rings. The van der Waals surface area contributed by atoms with E-state index in [1.165, 1.54) is 231 Å². The smallest absolute Gasteiger partial charge is 0.234 e. The third kappa shape index (κ3) is 25.4. The van der Waals surface area contributed by atoms with Crippen molar-refractivity contribution in [3.05, 3.63) is 18.2 Å². The maximum absolute atomic E-state index is 2.61. The van der Waals surface area contributed by atoms with Gasteiger partial charge in [0.15, 0.2) is 0 Å². The topological polar surface area (TPSA) is 8.81 Å². The van der Waals surface area contributed by atoms with E-state index in [9.17, 15) is 0 Å². The minimum absolute atomic E-state index is 1.20. The van der Waals surface area contributed by atoms with E-state index >= 15 is 0 Å². The predicted octanol–water partition coefficient (Wildman–Crippen LogP) is 14.3. The first kappa shape index (κ1) is 41.2. The molecule has 0 bridgehead atoms. The summed E-state index contributed by atoms with van der Waals surface area (Å²) in [6.45, 7) is 9.37. The summed E-state index contributed by atoms with van der Waals surface area (Å²) in [7, 11) is 0. The average molecular weight is 616 g/mol. The van der Waals surface area contributed by atoms with E-state index in [4.69, 9.17) is 0 Å². The van der Waals surface area contributed by atoms with Gasteiger partial charge < -0.3 is 0 Å². The van der Waals surface area contributed by atoms with Gasteiger partial charge in [-0.1, -0.05) is 207 Å². The van der Waals surface area contributed by atoms with E-state index in [0.717, 1.165) is 0 Å². The molecule has 0 aromatic carbocycles. The van der Waals surface area contributed by atoms with Crippen LogP contribution < -0.4 is 4.57 Å². The fourth-order valence-corrected chi connectivity index (χ4v) is 7.01. The van der Waals surface area contributed by atoms with Crippen molar-refractivity contribution in [2.45, 2.75) is 252 Å². The zero-order valence-electron chi connectivity index (χ0n) is 31.0. The number of aromatic nitrogens is 2. The Bertz CT molecular complexity index is 677. The summed E-state index contributed by atoms with van der Waals surface area (Å²) in [5.74, 6) is 1.61. The normalized spacial score (nSPS) is 11.6. The Morgan fingerprint density at radius 2 is 0.705 bits per heavy atom. The Kier molecular flexibility index (Phi) is 31.5. The van der Waals surface area contributed by atoms with Crippen LogP contribution in [0.25, 0.3) is 0 Å². The standard InChI is InChI=1S/C42H83N2/c1-4-7-10-12-14-16-18-20-22-24-26-28-30-32-34-36-39-44-41-40-43(38-9-6-3)42(44)37-35-33-31-29-27-25-23-21-19-17-15-13-11-8-5-2/h40-41H,4-39H2,1-3H3/q+1. The van der Waals surface area contributed by atoms with Gasteiger partial charge in [0.1, 0.15) is 12.4 Å². The lowest BCUT2D eigenvalue weighted by Crippen LogP contribution is -2.37. The van der Waals surface area contributed by atoms with Crippen LogP contribution in [-0.2, 0) is 19.5 Å². The van der Waals surface area contributed by atoms with E-state index in [-0.39, 0.29) is 0 Å².